The van der Waals surface area contributed by atoms with Gasteiger partial charge in [0.1, 0.15) is 0 Å². The van der Waals surface area contributed by atoms with Crippen molar-refractivity contribution >= 4 is 5.97 Å². The maximum absolute atomic E-state index is 11.3. The highest BCUT2D eigenvalue weighted by Crippen LogP contribution is 1.90. The molecule has 5 heteroatoms. The summed E-state index contributed by atoms with van der Waals surface area (Å²) in [5, 5.41) is 6.46. The van der Waals surface area contributed by atoms with E-state index in [4.69, 9.17) is 4.74 Å². The SMILES string of the molecule is CCCOC(=O)CCNCCN(CCC)CCNC. The lowest BCUT2D eigenvalue weighted by molar-refractivity contribution is -0.143. The molecule has 0 aliphatic rings. The molecule has 0 saturated heterocycles. The predicted molar refractivity (Wildman–Crippen MR) is 79.4 cm³/mol. The van der Waals surface area contributed by atoms with Crippen molar-refractivity contribution in [2.45, 2.75) is 33.1 Å². The highest BCUT2D eigenvalue weighted by atomic mass is 16.5. The summed E-state index contributed by atoms with van der Waals surface area (Å²) < 4.78 is 5.01. The largest absolute Gasteiger partial charge is 0.466 e. The van der Waals surface area contributed by atoms with E-state index in [0.717, 1.165) is 39.1 Å². The van der Waals surface area contributed by atoms with E-state index in [1.165, 1.54) is 6.42 Å². The van der Waals surface area contributed by atoms with E-state index in [2.05, 4.69) is 22.5 Å². The van der Waals surface area contributed by atoms with Crippen molar-refractivity contribution in [3.8, 4) is 0 Å². The summed E-state index contributed by atoms with van der Waals surface area (Å²) >= 11 is 0. The van der Waals surface area contributed by atoms with Gasteiger partial charge in [-0.05, 0) is 26.4 Å². The average molecular weight is 273 g/mol. The van der Waals surface area contributed by atoms with Gasteiger partial charge in [0, 0.05) is 32.7 Å². The Hall–Kier alpha value is -0.650. The zero-order valence-electron chi connectivity index (χ0n) is 12.8. The summed E-state index contributed by atoms with van der Waals surface area (Å²) in [5.41, 5.74) is 0. The number of hydrogen-bond donors (Lipinski definition) is 2. The Labute approximate surface area is 118 Å². The van der Waals surface area contributed by atoms with Gasteiger partial charge in [-0.25, -0.2) is 0 Å². The molecule has 0 rings (SSSR count). The van der Waals surface area contributed by atoms with Crippen LogP contribution in [0.2, 0.25) is 0 Å². The molecular weight excluding hydrogens is 242 g/mol. The molecule has 0 spiro atoms. The first-order valence-corrected chi connectivity index (χ1v) is 7.47. The van der Waals surface area contributed by atoms with Crippen molar-refractivity contribution < 1.29 is 9.53 Å². The fourth-order valence-electron chi connectivity index (χ4n) is 1.76. The number of carbonyl (C=O) groups is 1. The maximum atomic E-state index is 11.3. The number of carbonyl (C=O) groups excluding carboxylic acids is 1. The van der Waals surface area contributed by atoms with Crippen molar-refractivity contribution in [3.63, 3.8) is 0 Å². The van der Waals surface area contributed by atoms with Crippen LogP contribution in [0.4, 0.5) is 0 Å². The molecule has 0 aliphatic carbocycles. The van der Waals surface area contributed by atoms with Crippen LogP contribution >= 0.6 is 0 Å². The van der Waals surface area contributed by atoms with E-state index < -0.39 is 0 Å². The molecule has 0 saturated carbocycles. The average Bonchev–Trinajstić information content (AvgIpc) is 2.41. The van der Waals surface area contributed by atoms with E-state index in [9.17, 15) is 4.79 Å². The number of nitrogens with zero attached hydrogens (tertiary/aromatic N) is 1. The van der Waals surface area contributed by atoms with Gasteiger partial charge in [-0.3, -0.25) is 4.79 Å². The summed E-state index contributed by atoms with van der Waals surface area (Å²) in [5.74, 6) is -0.102. The smallest absolute Gasteiger partial charge is 0.307 e. The van der Waals surface area contributed by atoms with Gasteiger partial charge in [0.25, 0.3) is 0 Å². The molecule has 0 aromatic rings. The summed E-state index contributed by atoms with van der Waals surface area (Å²) in [7, 11) is 1.98. The van der Waals surface area contributed by atoms with Crippen LogP contribution in [0, 0.1) is 0 Å². The number of nitrogens with one attached hydrogen (secondary N) is 2. The Morgan fingerprint density at radius 2 is 1.79 bits per heavy atom. The van der Waals surface area contributed by atoms with E-state index in [-0.39, 0.29) is 5.97 Å². The van der Waals surface area contributed by atoms with Crippen LogP contribution in [0.1, 0.15) is 33.1 Å². The minimum Gasteiger partial charge on any atom is -0.466 e. The standard InChI is InChI=1S/C14H31N3O2/c1-4-10-17(11-8-15-3)12-9-16-7-6-14(18)19-13-5-2/h15-16H,4-13H2,1-3H3. The van der Waals surface area contributed by atoms with Crippen LogP contribution in [0.25, 0.3) is 0 Å². The molecule has 5 nitrogen and oxygen atoms in total. The van der Waals surface area contributed by atoms with Gasteiger partial charge in [-0.15, -0.1) is 0 Å². The van der Waals surface area contributed by atoms with Crippen LogP contribution in [0.3, 0.4) is 0 Å². The van der Waals surface area contributed by atoms with Gasteiger partial charge in [-0.1, -0.05) is 13.8 Å². The van der Waals surface area contributed by atoms with E-state index >= 15 is 0 Å². The Balaban J connectivity index is 3.50. The lowest BCUT2D eigenvalue weighted by Gasteiger charge is -2.21. The van der Waals surface area contributed by atoms with Crippen molar-refractivity contribution in [1.29, 1.82) is 0 Å². The van der Waals surface area contributed by atoms with Crippen LogP contribution < -0.4 is 10.6 Å². The molecule has 0 aromatic heterocycles. The third-order valence-electron chi connectivity index (χ3n) is 2.80. The number of rotatable bonds is 13. The van der Waals surface area contributed by atoms with Crippen LogP contribution in [0.5, 0.6) is 0 Å². The first-order valence-electron chi connectivity index (χ1n) is 7.47. The summed E-state index contributed by atoms with van der Waals surface area (Å²) in [6, 6.07) is 0. The second kappa shape index (κ2) is 13.8. The quantitative estimate of drug-likeness (QED) is 0.385. The first-order chi connectivity index (χ1) is 9.24. The fraction of sp³-hybridized carbons (Fsp3) is 0.929. The number of hydrogen-bond acceptors (Lipinski definition) is 5. The normalized spacial score (nSPS) is 10.9. The van der Waals surface area contributed by atoms with E-state index in [0.29, 0.717) is 19.6 Å². The molecule has 0 fully saturated rings. The Morgan fingerprint density at radius 3 is 2.42 bits per heavy atom. The second-order valence-corrected chi connectivity index (χ2v) is 4.67. The molecule has 0 atom stereocenters. The number of esters is 1. The Bertz CT molecular complexity index is 213. The van der Waals surface area contributed by atoms with Gasteiger partial charge in [0.2, 0.25) is 0 Å². The molecule has 19 heavy (non-hydrogen) atoms. The van der Waals surface area contributed by atoms with Crippen molar-refractivity contribution in [2.24, 2.45) is 0 Å². The van der Waals surface area contributed by atoms with Gasteiger partial charge in [0.05, 0.1) is 13.0 Å². The first kappa shape index (κ1) is 18.4. The van der Waals surface area contributed by atoms with E-state index in [1.807, 2.05) is 14.0 Å². The molecule has 0 unspecified atom stereocenters. The fourth-order valence-corrected chi connectivity index (χ4v) is 1.76. The monoisotopic (exact) mass is 273 g/mol. The molecule has 0 amide bonds. The zero-order chi connectivity index (χ0) is 14.3. The van der Waals surface area contributed by atoms with Gasteiger partial charge < -0.3 is 20.3 Å². The lowest BCUT2D eigenvalue weighted by atomic mass is 10.3. The molecule has 2 N–H and O–H groups in total. The van der Waals surface area contributed by atoms with Crippen LogP contribution in [-0.4, -0.2) is 63.8 Å². The van der Waals surface area contributed by atoms with Gasteiger partial charge in [-0.2, -0.15) is 0 Å². The zero-order valence-corrected chi connectivity index (χ0v) is 12.8. The third-order valence-corrected chi connectivity index (χ3v) is 2.80. The molecule has 0 heterocycles. The molecule has 114 valence electrons. The van der Waals surface area contributed by atoms with Crippen molar-refractivity contribution in [3.05, 3.63) is 0 Å². The maximum Gasteiger partial charge on any atom is 0.307 e. The second-order valence-electron chi connectivity index (χ2n) is 4.67. The molecule has 0 radical (unpaired) electrons. The summed E-state index contributed by atoms with van der Waals surface area (Å²) in [6.07, 6.45) is 2.52. The van der Waals surface area contributed by atoms with Gasteiger partial charge >= 0.3 is 5.97 Å². The summed E-state index contributed by atoms with van der Waals surface area (Å²) in [4.78, 5) is 13.7. The van der Waals surface area contributed by atoms with E-state index in [1.54, 1.807) is 0 Å². The van der Waals surface area contributed by atoms with Crippen molar-refractivity contribution in [2.75, 3.05) is 52.9 Å². The topological polar surface area (TPSA) is 53.6 Å². The third kappa shape index (κ3) is 12.1. The summed E-state index contributed by atoms with van der Waals surface area (Å²) in [6.45, 7) is 10.6. The molecule has 0 bridgehead atoms. The minimum absolute atomic E-state index is 0.102. The van der Waals surface area contributed by atoms with Crippen molar-refractivity contribution in [1.82, 2.24) is 15.5 Å². The predicted octanol–water partition coefficient (Wildman–Crippen LogP) is 0.851. The molecule has 0 aliphatic heterocycles. The highest BCUT2D eigenvalue weighted by molar-refractivity contribution is 5.69. The number of ether oxygens (including phenoxy) is 1. The molecular formula is C14H31N3O2. The van der Waals surface area contributed by atoms with Crippen LogP contribution in [-0.2, 0) is 9.53 Å². The molecule has 0 aromatic carbocycles. The number of likely N-dealkylation sites (N-methyl/N-ethyl adjacent to an activating group) is 1. The highest BCUT2D eigenvalue weighted by Gasteiger charge is 2.04. The minimum atomic E-state index is -0.102. The van der Waals surface area contributed by atoms with Gasteiger partial charge in [0.15, 0.2) is 0 Å². The Kier molecular flexibility index (Phi) is 13.3. The lowest BCUT2D eigenvalue weighted by Crippen LogP contribution is -2.37. The Morgan fingerprint density at radius 1 is 1.05 bits per heavy atom. The van der Waals surface area contributed by atoms with Crippen LogP contribution in [0.15, 0.2) is 0 Å².